The van der Waals surface area contributed by atoms with Crippen LogP contribution in [-0.2, 0) is 10.2 Å². The van der Waals surface area contributed by atoms with E-state index in [1.165, 1.54) is 31.2 Å². The number of hydrogen-bond donors (Lipinski definition) is 0. The van der Waals surface area contributed by atoms with E-state index < -0.39 is 0 Å². The van der Waals surface area contributed by atoms with Crippen molar-refractivity contribution in [3.8, 4) is 0 Å². The van der Waals surface area contributed by atoms with Crippen molar-refractivity contribution >= 4 is 21.7 Å². The Kier molecular flexibility index (Phi) is 3.31. The van der Waals surface area contributed by atoms with E-state index in [1.807, 2.05) is 0 Å². The number of benzene rings is 1. The molecule has 0 saturated heterocycles. The summed E-state index contributed by atoms with van der Waals surface area (Å²) in [5, 5.41) is 0. The van der Waals surface area contributed by atoms with Crippen LogP contribution in [0.5, 0.6) is 0 Å². The normalized spacial score (nSPS) is 36.2. The zero-order chi connectivity index (χ0) is 12.6. The summed E-state index contributed by atoms with van der Waals surface area (Å²) >= 11 is 3.68. The molecule has 2 aliphatic rings. The number of halogens is 1. The van der Waals surface area contributed by atoms with E-state index in [0.29, 0.717) is 11.7 Å². The molecule has 18 heavy (non-hydrogen) atoms. The van der Waals surface area contributed by atoms with Gasteiger partial charge in [0.25, 0.3) is 0 Å². The molecule has 1 nitrogen and oxygen atoms in total. The maximum atomic E-state index is 12.0. The van der Waals surface area contributed by atoms with Crippen LogP contribution in [0.2, 0.25) is 0 Å². The molecule has 0 amide bonds. The van der Waals surface area contributed by atoms with Crippen molar-refractivity contribution in [1.82, 2.24) is 0 Å². The summed E-state index contributed by atoms with van der Waals surface area (Å²) < 4.78 is 0. The Morgan fingerprint density at radius 3 is 2.67 bits per heavy atom. The highest BCUT2D eigenvalue weighted by molar-refractivity contribution is 9.10. The molecule has 2 saturated carbocycles. The third-order valence-corrected chi connectivity index (χ3v) is 6.07. The summed E-state index contributed by atoms with van der Waals surface area (Å²) in [6, 6.07) is 10.9. The van der Waals surface area contributed by atoms with Crippen LogP contribution >= 0.6 is 15.9 Å². The molecule has 0 N–H and O–H groups in total. The number of Topliss-reactive ketones (excluding diaryl/α,β-unsaturated/α-hetero) is 1. The van der Waals surface area contributed by atoms with Gasteiger partial charge in [-0.1, -0.05) is 59.1 Å². The highest BCUT2D eigenvalue weighted by Gasteiger charge is 2.49. The summed E-state index contributed by atoms with van der Waals surface area (Å²) in [7, 11) is 0. The van der Waals surface area contributed by atoms with Crippen LogP contribution in [0.15, 0.2) is 30.3 Å². The summed E-state index contributed by atoms with van der Waals surface area (Å²) in [6.07, 6.45) is 6.80. The fourth-order valence-electron chi connectivity index (χ4n) is 3.98. The molecule has 0 aromatic heterocycles. The van der Waals surface area contributed by atoms with Crippen LogP contribution in [0, 0.1) is 5.92 Å². The molecule has 2 fully saturated rings. The van der Waals surface area contributed by atoms with Gasteiger partial charge in [0, 0.05) is 11.8 Å². The van der Waals surface area contributed by atoms with Gasteiger partial charge in [0.2, 0.25) is 0 Å². The predicted molar refractivity (Wildman–Crippen MR) is 77.0 cm³/mol. The van der Waals surface area contributed by atoms with Crippen LogP contribution in [-0.4, -0.2) is 10.6 Å². The number of rotatable bonds is 1. The van der Waals surface area contributed by atoms with Gasteiger partial charge < -0.3 is 0 Å². The van der Waals surface area contributed by atoms with E-state index in [9.17, 15) is 4.79 Å². The van der Waals surface area contributed by atoms with Gasteiger partial charge >= 0.3 is 0 Å². The van der Waals surface area contributed by atoms with Crippen molar-refractivity contribution in [2.24, 2.45) is 5.92 Å². The van der Waals surface area contributed by atoms with Gasteiger partial charge in [-0.25, -0.2) is 0 Å². The highest BCUT2D eigenvalue weighted by Crippen LogP contribution is 2.52. The van der Waals surface area contributed by atoms with Gasteiger partial charge in [-0.05, 0) is 30.7 Å². The number of fused-ring (bicyclic) bond motifs is 1. The Labute approximate surface area is 117 Å². The van der Waals surface area contributed by atoms with Gasteiger partial charge in [-0.2, -0.15) is 0 Å². The van der Waals surface area contributed by atoms with Crippen LogP contribution in [0.25, 0.3) is 0 Å². The topological polar surface area (TPSA) is 17.1 Å². The Morgan fingerprint density at radius 1 is 1.11 bits per heavy atom. The maximum Gasteiger partial charge on any atom is 0.146 e. The second-order valence-corrected chi connectivity index (χ2v) is 6.73. The number of ketones is 1. The van der Waals surface area contributed by atoms with Crippen molar-refractivity contribution in [1.29, 1.82) is 0 Å². The summed E-state index contributed by atoms with van der Waals surface area (Å²) in [6.45, 7) is 0. The van der Waals surface area contributed by atoms with E-state index in [0.717, 1.165) is 12.8 Å². The average Bonchev–Trinajstić information content (AvgIpc) is 2.44. The third-order valence-electron chi connectivity index (χ3n) is 4.92. The van der Waals surface area contributed by atoms with Crippen LogP contribution < -0.4 is 0 Å². The van der Waals surface area contributed by atoms with E-state index in [1.54, 1.807) is 0 Å². The monoisotopic (exact) mass is 306 g/mol. The lowest BCUT2D eigenvalue weighted by molar-refractivity contribution is -0.123. The molecule has 0 spiro atoms. The first kappa shape index (κ1) is 12.4. The van der Waals surface area contributed by atoms with Gasteiger partial charge in [0.05, 0.1) is 4.83 Å². The number of hydrogen-bond acceptors (Lipinski definition) is 1. The number of carbonyl (C=O) groups is 1. The Hall–Kier alpha value is -0.630. The first-order valence-corrected chi connectivity index (χ1v) is 7.88. The SMILES string of the molecule is O=C1CC[C@@]2(c3ccccc3)CCCC[C@@H]2[C@H]1Br. The lowest BCUT2D eigenvalue weighted by Gasteiger charge is -2.49. The zero-order valence-corrected chi connectivity index (χ0v) is 12.2. The Morgan fingerprint density at radius 2 is 1.89 bits per heavy atom. The molecule has 3 rings (SSSR count). The summed E-state index contributed by atoms with van der Waals surface area (Å²) in [4.78, 5) is 12.1. The van der Waals surface area contributed by atoms with Crippen molar-refractivity contribution in [3.05, 3.63) is 35.9 Å². The molecule has 1 aromatic carbocycles. The average molecular weight is 307 g/mol. The van der Waals surface area contributed by atoms with E-state index in [4.69, 9.17) is 0 Å². The van der Waals surface area contributed by atoms with Crippen LogP contribution in [0.3, 0.4) is 0 Å². The van der Waals surface area contributed by atoms with Crippen LogP contribution in [0.4, 0.5) is 0 Å². The highest BCUT2D eigenvalue weighted by atomic mass is 79.9. The Balaban J connectivity index is 2.03. The smallest absolute Gasteiger partial charge is 0.146 e. The van der Waals surface area contributed by atoms with Gasteiger partial charge in [-0.15, -0.1) is 0 Å². The fraction of sp³-hybridized carbons (Fsp3) is 0.562. The quantitative estimate of drug-likeness (QED) is 0.709. The molecular formula is C16H19BrO. The van der Waals surface area contributed by atoms with Crippen molar-refractivity contribution < 1.29 is 4.79 Å². The second kappa shape index (κ2) is 4.80. The maximum absolute atomic E-state index is 12.0. The molecule has 0 unspecified atom stereocenters. The Bertz CT molecular complexity index is 442. The van der Waals surface area contributed by atoms with Gasteiger partial charge in [-0.3, -0.25) is 4.79 Å². The standard InChI is InChI=1S/C16H19BrO/c17-15-13-8-4-5-10-16(13,11-9-14(15)18)12-6-2-1-3-7-12/h1-3,6-7,13,15H,4-5,8-11H2/t13-,15-,16-/m1/s1. The molecule has 96 valence electrons. The van der Waals surface area contributed by atoms with Crippen molar-refractivity contribution in [2.75, 3.05) is 0 Å². The van der Waals surface area contributed by atoms with Crippen molar-refractivity contribution in [2.45, 2.75) is 48.8 Å². The van der Waals surface area contributed by atoms with Crippen LogP contribution in [0.1, 0.15) is 44.1 Å². The first-order valence-electron chi connectivity index (χ1n) is 6.96. The zero-order valence-electron chi connectivity index (χ0n) is 10.6. The molecule has 0 heterocycles. The molecule has 0 radical (unpaired) electrons. The lowest BCUT2D eigenvalue weighted by Crippen LogP contribution is -2.49. The minimum absolute atomic E-state index is 0.0757. The molecule has 0 bridgehead atoms. The molecule has 0 aliphatic heterocycles. The third kappa shape index (κ3) is 1.85. The van der Waals surface area contributed by atoms with E-state index >= 15 is 0 Å². The predicted octanol–water partition coefficient (Wildman–Crippen LogP) is 4.24. The molecule has 2 heteroatoms. The van der Waals surface area contributed by atoms with Crippen molar-refractivity contribution in [3.63, 3.8) is 0 Å². The molecule has 2 aliphatic carbocycles. The minimum atomic E-state index is 0.0757. The first-order chi connectivity index (χ1) is 8.74. The van der Waals surface area contributed by atoms with Gasteiger partial charge in [0.15, 0.2) is 0 Å². The number of carbonyl (C=O) groups excluding carboxylic acids is 1. The molecular weight excluding hydrogens is 288 g/mol. The number of alkyl halides is 1. The molecule has 1 aromatic rings. The molecule has 3 atom stereocenters. The van der Waals surface area contributed by atoms with E-state index in [-0.39, 0.29) is 10.2 Å². The fourth-order valence-corrected chi connectivity index (χ4v) is 4.98. The minimum Gasteiger partial charge on any atom is -0.298 e. The summed E-state index contributed by atoms with van der Waals surface area (Å²) in [5.74, 6) is 0.906. The summed E-state index contributed by atoms with van der Waals surface area (Å²) in [5.41, 5.74) is 1.70. The largest absolute Gasteiger partial charge is 0.298 e. The lowest BCUT2D eigenvalue weighted by atomic mass is 9.56. The van der Waals surface area contributed by atoms with E-state index in [2.05, 4.69) is 46.3 Å². The second-order valence-electron chi connectivity index (χ2n) is 5.74. The van der Waals surface area contributed by atoms with Gasteiger partial charge in [0.1, 0.15) is 5.78 Å².